The molecule has 2 nitrogen and oxygen atoms in total. The van der Waals surface area contributed by atoms with Crippen LogP contribution in [0.5, 0.6) is 0 Å². The van der Waals surface area contributed by atoms with Crippen LogP contribution in [-0.4, -0.2) is 37.1 Å². The molecule has 1 atom stereocenters. The van der Waals surface area contributed by atoms with E-state index in [1.807, 2.05) is 0 Å². The number of nitrogens with one attached hydrogen (secondary N) is 1. The van der Waals surface area contributed by atoms with Gasteiger partial charge in [0.2, 0.25) is 0 Å². The summed E-state index contributed by atoms with van der Waals surface area (Å²) >= 11 is 0. The summed E-state index contributed by atoms with van der Waals surface area (Å²) in [6.45, 7) is 5.37. The highest BCUT2D eigenvalue weighted by molar-refractivity contribution is 4.91. The Morgan fingerprint density at radius 1 is 0.882 bits per heavy atom. The maximum Gasteiger partial charge on any atom is 0.0224 e. The molecule has 3 heterocycles. The average molecular weight is 236 g/mol. The van der Waals surface area contributed by atoms with Crippen LogP contribution in [-0.2, 0) is 0 Å². The first-order valence-corrected chi connectivity index (χ1v) is 7.87. The van der Waals surface area contributed by atoms with Gasteiger partial charge in [0.25, 0.3) is 0 Å². The lowest BCUT2D eigenvalue weighted by Crippen LogP contribution is -2.56. The first-order valence-electron chi connectivity index (χ1n) is 7.87. The van der Waals surface area contributed by atoms with E-state index >= 15 is 0 Å². The van der Waals surface area contributed by atoms with E-state index in [9.17, 15) is 0 Å². The van der Waals surface area contributed by atoms with Gasteiger partial charge in [0.15, 0.2) is 0 Å². The van der Waals surface area contributed by atoms with Crippen molar-refractivity contribution >= 4 is 0 Å². The fourth-order valence-corrected chi connectivity index (χ4v) is 4.08. The van der Waals surface area contributed by atoms with Gasteiger partial charge in [0.1, 0.15) is 0 Å². The van der Waals surface area contributed by atoms with Crippen molar-refractivity contribution < 1.29 is 0 Å². The van der Waals surface area contributed by atoms with E-state index in [-0.39, 0.29) is 0 Å². The van der Waals surface area contributed by atoms with Gasteiger partial charge in [-0.3, -0.25) is 0 Å². The maximum atomic E-state index is 3.91. The first kappa shape index (κ1) is 12.0. The molecule has 0 aromatic rings. The zero-order chi connectivity index (χ0) is 11.5. The van der Waals surface area contributed by atoms with Gasteiger partial charge in [-0.25, -0.2) is 0 Å². The Hall–Kier alpha value is -0.0800. The van der Waals surface area contributed by atoms with E-state index in [1.165, 1.54) is 77.5 Å². The summed E-state index contributed by atoms with van der Waals surface area (Å²) in [6.07, 6.45) is 11.8. The van der Waals surface area contributed by atoms with Crippen LogP contribution >= 0.6 is 0 Å². The first-order chi connectivity index (χ1) is 8.42. The Labute approximate surface area is 106 Å². The zero-order valence-electron chi connectivity index (χ0n) is 11.2. The summed E-state index contributed by atoms with van der Waals surface area (Å²) in [5.41, 5.74) is 0. The molecular formula is C15H28N2. The van der Waals surface area contributed by atoms with Gasteiger partial charge < -0.3 is 10.2 Å². The molecule has 0 spiro atoms. The summed E-state index contributed by atoms with van der Waals surface area (Å²) < 4.78 is 0. The number of nitrogens with zero attached hydrogens (tertiary/aromatic N) is 1. The normalized spacial score (nSPS) is 39.2. The zero-order valence-corrected chi connectivity index (χ0v) is 11.2. The van der Waals surface area contributed by atoms with E-state index in [1.54, 1.807) is 0 Å². The molecular weight excluding hydrogens is 208 g/mol. The molecule has 1 unspecified atom stereocenters. The molecule has 0 amide bonds. The summed E-state index contributed by atoms with van der Waals surface area (Å²) in [5.74, 6) is 1.97. The van der Waals surface area contributed by atoms with Gasteiger partial charge in [-0.1, -0.05) is 25.7 Å². The average Bonchev–Trinajstić information content (AvgIpc) is 2.66. The molecule has 1 saturated carbocycles. The lowest BCUT2D eigenvalue weighted by molar-refractivity contribution is 0.0704. The predicted octanol–water partition coefficient (Wildman–Crippen LogP) is 2.64. The van der Waals surface area contributed by atoms with Crippen molar-refractivity contribution in [2.24, 2.45) is 11.8 Å². The second-order valence-corrected chi connectivity index (χ2v) is 6.51. The van der Waals surface area contributed by atoms with E-state index in [0.717, 1.165) is 17.9 Å². The Balaban J connectivity index is 1.44. The smallest absolute Gasteiger partial charge is 0.0224 e. The van der Waals surface area contributed by atoms with Gasteiger partial charge in [0.05, 0.1) is 0 Å². The fraction of sp³-hybridized carbons (Fsp3) is 1.00. The molecule has 3 aliphatic heterocycles. The molecule has 3 saturated heterocycles. The maximum absolute atomic E-state index is 3.91. The molecule has 2 bridgehead atoms. The summed E-state index contributed by atoms with van der Waals surface area (Å²) in [6, 6.07) is 0.820. The quantitative estimate of drug-likeness (QED) is 0.758. The highest BCUT2D eigenvalue weighted by Gasteiger charge is 2.33. The number of fused-ring (bicyclic) bond motifs is 3. The van der Waals surface area contributed by atoms with Crippen LogP contribution in [0.2, 0.25) is 0 Å². The molecule has 4 rings (SSSR count). The van der Waals surface area contributed by atoms with Crippen LogP contribution in [0.4, 0.5) is 0 Å². The van der Waals surface area contributed by atoms with Crippen molar-refractivity contribution in [1.29, 1.82) is 0 Å². The number of piperidine rings is 3. The summed E-state index contributed by atoms with van der Waals surface area (Å²) in [4.78, 5) is 2.66. The molecule has 0 radical (unpaired) electrons. The molecule has 1 N–H and O–H groups in total. The molecule has 4 fully saturated rings. The van der Waals surface area contributed by atoms with Crippen molar-refractivity contribution in [3.63, 3.8) is 0 Å². The van der Waals surface area contributed by atoms with E-state index in [4.69, 9.17) is 0 Å². The molecule has 2 heteroatoms. The van der Waals surface area contributed by atoms with Gasteiger partial charge in [0, 0.05) is 12.6 Å². The third kappa shape index (κ3) is 3.03. The van der Waals surface area contributed by atoms with Gasteiger partial charge in [-0.2, -0.15) is 0 Å². The Morgan fingerprint density at radius 2 is 1.59 bits per heavy atom. The second kappa shape index (κ2) is 5.71. The van der Waals surface area contributed by atoms with Gasteiger partial charge in [-0.15, -0.1) is 0 Å². The molecule has 4 aliphatic rings. The van der Waals surface area contributed by atoms with Crippen LogP contribution in [0.1, 0.15) is 51.4 Å². The highest BCUT2D eigenvalue weighted by Crippen LogP contribution is 2.28. The lowest BCUT2D eigenvalue weighted by Gasteiger charge is -2.45. The van der Waals surface area contributed by atoms with Gasteiger partial charge in [-0.05, 0) is 57.2 Å². The third-order valence-corrected chi connectivity index (χ3v) is 5.30. The number of rotatable bonds is 3. The minimum Gasteiger partial charge on any atom is -0.312 e. The Morgan fingerprint density at radius 3 is 2.18 bits per heavy atom. The van der Waals surface area contributed by atoms with Crippen molar-refractivity contribution in [2.45, 2.75) is 57.4 Å². The van der Waals surface area contributed by atoms with Gasteiger partial charge >= 0.3 is 0 Å². The van der Waals surface area contributed by atoms with Crippen LogP contribution in [0.3, 0.4) is 0 Å². The molecule has 0 aromatic heterocycles. The SMILES string of the molecule is C1CCCC(CNC2CN3CCC2CC3)CC1. The standard InChI is InChI=1S/C15H28N2/c1-2-4-6-13(5-3-1)11-16-15-12-17-9-7-14(15)8-10-17/h13-16H,1-12H2. The van der Waals surface area contributed by atoms with Crippen LogP contribution in [0.25, 0.3) is 0 Å². The monoisotopic (exact) mass is 236 g/mol. The minimum absolute atomic E-state index is 0.820. The van der Waals surface area contributed by atoms with E-state index in [0.29, 0.717) is 0 Å². The number of hydrogen-bond acceptors (Lipinski definition) is 2. The summed E-state index contributed by atoms with van der Waals surface area (Å²) in [7, 11) is 0. The van der Waals surface area contributed by atoms with Crippen LogP contribution in [0.15, 0.2) is 0 Å². The molecule has 1 aliphatic carbocycles. The largest absolute Gasteiger partial charge is 0.312 e. The van der Waals surface area contributed by atoms with Crippen molar-refractivity contribution in [3.8, 4) is 0 Å². The Bertz CT molecular complexity index is 225. The van der Waals surface area contributed by atoms with Crippen molar-refractivity contribution in [3.05, 3.63) is 0 Å². The fourth-order valence-electron chi connectivity index (χ4n) is 4.08. The number of hydrogen-bond donors (Lipinski definition) is 1. The molecule has 17 heavy (non-hydrogen) atoms. The topological polar surface area (TPSA) is 15.3 Å². The molecule has 98 valence electrons. The second-order valence-electron chi connectivity index (χ2n) is 6.51. The third-order valence-electron chi connectivity index (χ3n) is 5.30. The lowest BCUT2D eigenvalue weighted by atomic mass is 9.83. The highest BCUT2D eigenvalue weighted by atomic mass is 15.2. The Kier molecular flexibility index (Phi) is 4.02. The van der Waals surface area contributed by atoms with Crippen molar-refractivity contribution in [1.82, 2.24) is 10.2 Å². The van der Waals surface area contributed by atoms with E-state index < -0.39 is 0 Å². The summed E-state index contributed by atoms with van der Waals surface area (Å²) in [5, 5.41) is 3.91. The predicted molar refractivity (Wildman–Crippen MR) is 72.1 cm³/mol. The minimum atomic E-state index is 0.820. The van der Waals surface area contributed by atoms with Crippen LogP contribution in [0, 0.1) is 11.8 Å². The van der Waals surface area contributed by atoms with Crippen LogP contribution < -0.4 is 5.32 Å². The van der Waals surface area contributed by atoms with Crippen molar-refractivity contribution in [2.75, 3.05) is 26.2 Å². The van der Waals surface area contributed by atoms with E-state index in [2.05, 4.69) is 10.2 Å². The molecule has 0 aromatic carbocycles.